The molecule has 1 aromatic carbocycles. The first-order chi connectivity index (χ1) is 10.6. The van der Waals surface area contributed by atoms with E-state index in [2.05, 4.69) is 64.7 Å². The summed E-state index contributed by atoms with van der Waals surface area (Å²) >= 11 is 5.35. The zero-order valence-corrected chi connectivity index (χ0v) is 15.3. The average molecular weight is 376 g/mol. The van der Waals surface area contributed by atoms with Crippen LogP contribution < -0.4 is 0 Å². The zero-order valence-electron chi connectivity index (χ0n) is 12.9. The van der Waals surface area contributed by atoms with Gasteiger partial charge in [0.05, 0.1) is 23.6 Å². The fourth-order valence-corrected chi connectivity index (χ4v) is 4.02. The molecule has 0 N–H and O–H groups in total. The Morgan fingerprint density at radius 2 is 1.95 bits per heavy atom. The lowest BCUT2D eigenvalue weighted by Gasteiger charge is -2.10. The van der Waals surface area contributed by atoms with E-state index in [1.54, 1.807) is 13.4 Å². The predicted molar refractivity (Wildman–Crippen MR) is 98.6 cm³/mol. The van der Waals surface area contributed by atoms with E-state index >= 15 is 0 Å². The number of nitrogens with zero attached hydrogens (tertiary/aromatic N) is 1. The zero-order chi connectivity index (χ0) is 15.7. The molecule has 22 heavy (non-hydrogen) atoms. The molecule has 0 unspecified atom stereocenters. The molecule has 2 nitrogen and oxygen atoms in total. The summed E-state index contributed by atoms with van der Waals surface area (Å²) in [6.45, 7) is 5.25. The summed E-state index contributed by atoms with van der Waals surface area (Å²) in [5, 5.41) is 0. The van der Waals surface area contributed by atoms with Gasteiger partial charge in [-0.25, -0.2) is 0 Å². The number of thiophene rings is 1. The first-order valence-electron chi connectivity index (χ1n) is 7.13. The van der Waals surface area contributed by atoms with E-state index in [1.165, 1.54) is 31.9 Å². The van der Waals surface area contributed by atoms with Gasteiger partial charge in [-0.15, -0.1) is 11.3 Å². The Labute approximate surface area is 143 Å². The molecule has 0 bridgehead atoms. The molecule has 2 aromatic heterocycles. The van der Waals surface area contributed by atoms with Crippen molar-refractivity contribution < 1.29 is 4.74 Å². The Morgan fingerprint density at radius 3 is 2.64 bits per heavy atom. The SMILES string of the molecule is CO/C=C/c1cc2sc(C)c(C)c2n1Cc1ccc(Br)cc1. The molecule has 0 aliphatic rings. The summed E-state index contributed by atoms with van der Waals surface area (Å²) in [4.78, 5) is 1.39. The second-order valence-corrected chi connectivity index (χ2v) is 7.49. The van der Waals surface area contributed by atoms with Crippen LogP contribution in [0, 0.1) is 13.8 Å². The van der Waals surface area contributed by atoms with Crippen LogP contribution in [0.4, 0.5) is 0 Å². The number of methoxy groups -OCH3 is 1. The molecule has 2 heterocycles. The third-order valence-electron chi connectivity index (χ3n) is 3.87. The minimum atomic E-state index is 0.858. The molecule has 0 spiro atoms. The summed E-state index contributed by atoms with van der Waals surface area (Å²) in [6.07, 6.45) is 3.76. The van der Waals surface area contributed by atoms with E-state index < -0.39 is 0 Å². The monoisotopic (exact) mass is 375 g/mol. The third-order valence-corrected chi connectivity index (χ3v) is 5.54. The summed E-state index contributed by atoms with van der Waals surface area (Å²) in [5.74, 6) is 0. The molecule has 114 valence electrons. The molecule has 0 aliphatic heterocycles. The van der Waals surface area contributed by atoms with E-state index in [0.717, 1.165) is 11.0 Å². The van der Waals surface area contributed by atoms with Gasteiger partial charge in [0.2, 0.25) is 0 Å². The molecule has 4 heteroatoms. The molecule has 3 aromatic rings. The van der Waals surface area contributed by atoms with Crippen LogP contribution in [0.1, 0.15) is 21.7 Å². The maximum absolute atomic E-state index is 5.10. The predicted octanol–water partition coefficient (Wildman–Crippen LogP) is 5.75. The van der Waals surface area contributed by atoms with Gasteiger partial charge in [-0.2, -0.15) is 0 Å². The van der Waals surface area contributed by atoms with Crippen LogP contribution >= 0.6 is 27.3 Å². The van der Waals surface area contributed by atoms with Gasteiger partial charge in [0.1, 0.15) is 0 Å². The fraction of sp³-hybridized carbons (Fsp3) is 0.222. The quantitative estimate of drug-likeness (QED) is 0.529. The van der Waals surface area contributed by atoms with Crippen LogP contribution in [0.5, 0.6) is 0 Å². The Balaban J connectivity index is 2.11. The molecule has 0 aliphatic carbocycles. The first kappa shape index (κ1) is 15.4. The van der Waals surface area contributed by atoms with Crippen LogP contribution in [-0.2, 0) is 11.3 Å². The molecular weight excluding hydrogens is 358 g/mol. The van der Waals surface area contributed by atoms with Crippen molar-refractivity contribution >= 4 is 43.6 Å². The van der Waals surface area contributed by atoms with Gasteiger partial charge in [0.25, 0.3) is 0 Å². The second kappa shape index (κ2) is 6.31. The molecule has 0 fully saturated rings. The summed E-state index contributed by atoms with van der Waals surface area (Å²) < 4.78 is 9.91. The normalized spacial score (nSPS) is 11.6. The summed E-state index contributed by atoms with van der Waals surface area (Å²) in [5.41, 5.74) is 5.17. The number of ether oxygens (including phenoxy) is 1. The van der Waals surface area contributed by atoms with E-state index in [4.69, 9.17) is 4.74 Å². The number of halogens is 1. The maximum Gasteiger partial charge on any atom is 0.0845 e. The largest absolute Gasteiger partial charge is 0.504 e. The Morgan fingerprint density at radius 1 is 1.23 bits per heavy atom. The van der Waals surface area contributed by atoms with E-state index in [0.29, 0.717) is 0 Å². The lowest BCUT2D eigenvalue weighted by atomic mass is 10.2. The maximum atomic E-state index is 5.10. The summed E-state index contributed by atoms with van der Waals surface area (Å²) in [6, 6.07) is 10.7. The molecule has 3 rings (SSSR count). The van der Waals surface area contributed by atoms with E-state index in [1.807, 2.05) is 17.4 Å². The molecule has 0 saturated carbocycles. The Bertz CT molecular complexity index is 827. The molecule has 0 amide bonds. The second-order valence-electron chi connectivity index (χ2n) is 5.32. The highest BCUT2D eigenvalue weighted by molar-refractivity contribution is 9.10. The van der Waals surface area contributed by atoms with Gasteiger partial charge in [0.15, 0.2) is 0 Å². The van der Waals surface area contributed by atoms with Gasteiger partial charge in [-0.05, 0) is 49.2 Å². The standard InChI is InChI=1S/C18H18BrNOS/c1-12-13(2)22-17-10-16(8-9-21-3)20(18(12)17)11-14-4-6-15(19)7-5-14/h4-10H,11H2,1-3H3/b9-8+. The van der Waals surface area contributed by atoms with Crippen molar-refractivity contribution in [1.82, 2.24) is 4.57 Å². The van der Waals surface area contributed by atoms with Gasteiger partial charge in [-0.3, -0.25) is 0 Å². The van der Waals surface area contributed by atoms with Gasteiger partial charge < -0.3 is 9.30 Å². The van der Waals surface area contributed by atoms with Gasteiger partial charge in [-0.1, -0.05) is 28.1 Å². The number of hydrogen-bond donors (Lipinski definition) is 0. The number of aryl methyl sites for hydroxylation is 2. The molecule has 0 atom stereocenters. The van der Waals surface area contributed by atoms with Gasteiger partial charge in [0, 0.05) is 21.6 Å². The highest BCUT2D eigenvalue weighted by Gasteiger charge is 2.14. The van der Waals surface area contributed by atoms with Crippen LogP contribution in [0.3, 0.4) is 0 Å². The van der Waals surface area contributed by atoms with Crippen LogP contribution in [-0.4, -0.2) is 11.7 Å². The van der Waals surface area contributed by atoms with Crippen LogP contribution in [0.15, 0.2) is 41.1 Å². The molecule has 0 saturated heterocycles. The molecule has 0 radical (unpaired) electrons. The highest BCUT2D eigenvalue weighted by atomic mass is 79.9. The first-order valence-corrected chi connectivity index (χ1v) is 8.74. The van der Waals surface area contributed by atoms with E-state index in [9.17, 15) is 0 Å². The van der Waals surface area contributed by atoms with Crippen molar-refractivity contribution in [1.29, 1.82) is 0 Å². The van der Waals surface area contributed by atoms with Crippen LogP contribution in [0.2, 0.25) is 0 Å². The molecular formula is C18H18BrNOS. The fourth-order valence-electron chi connectivity index (χ4n) is 2.63. The average Bonchev–Trinajstić information content (AvgIpc) is 2.97. The third kappa shape index (κ3) is 2.85. The topological polar surface area (TPSA) is 14.2 Å². The van der Waals surface area contributed by atoms with Crippen molar-refractivity contribution in [3.63, 3.8) is 0 Å². The van der Waals surface area contributed by atoms with Crippen molar-refractivity contribution in [3.05, 3.63) is 62.8 Å². The Hall–Kier alpha value is -1.52. The minimum Gasteiger partial charge on any atom is -0.504 e. The van der Waals surface area contributed by atoms with Crippen molar-refractivity contribution in [2.75, 3.05) is 7.11 Å². The van der Waals surface area contributed by atoms with Crippen molar-refractivity contribution in [3.8, 4) is 0 Å². The Kier molecular flexibility index (Phi) is 4.41. The highest BCUT2D eigenvalue weighted by Crippen LogP contribution is 2.34. The number of fused-ring (bicyclic) bond motifs is 1. The lowest BCUT2D eigenvalue weighted by molar-refractivity contribution is 0.341. The van der Waals surface area contributed by atoms with Crippen molar-refractivity contribution in [2.45, 2.75) is 20.4 Å². The number of aromatic nitrogens is 1. The summed E-state index contributed by atoms with van der Waals surface area (Å²) in [7, 11) is 1.68. The number of rotatable bonds is 4. The number of hydrogen-bond acceptors (Lipinski definition) is 2. The number of benzene rings is 1. The lowest BCUT2D eigenvalue weighted by Crippen LogP contribution is -2.02. The van der Waals surface area contributed by atoms with E-state index in [-0.39, 0.29) is 0 Å². The van der Waals surface area contributed by atoms with Gasteiger partial charge >= 0.3 is 0 Å². The van der Waals surface area contributed by atoms with Crippen LogP contribution in [0.25, 0.3) is 16.3 Å². The minimum absolute atomic E-state index is 0.858. The smallest absolute Gasteiger partial charge is 0.0845 e. The van der Waals surface area contributed by atoms with Crippen molar-refractivity contribution in [2.24, 2.45) is 0 Å².